The molecule has 4 rings (SSSR count). The van der Waals surface area contributed by atoms with Gasteiger partial charge in [-0.1, -0.05) is 73.0 Å². The minimum atomic E-state index is -0.0268. The van der Waals surface area contributed by atoms with Gasteiger partial charge < -0.3 is 4.74 Å². The molecular weight excluding hydrogens is 416 g/mol. The summed E-state index contributed by atoms with van der Waals surface area (Å²) < 4.78 is 5.78. The Morgan fingerprint density at radius 2 is 1.79 bits per heavy atom. The minimum Gasteiger partial charge on any atom is -0.462 e. The molecule has 4 aliphatic carbocycles. The number of allylic oxidation sites excluding steroid dienone is 1. The van der Waals surface area contributed by atoms with Crippen LogP contribution >= 0.6 is 0 Å². The van der Waals surface area contributed by atoms with Crippen molar-refractivity contribution in [2.75, 3.05) is 0 Å². The third-order valence-electron chi connectivity index (χ3n) is 11.9. The molecule has 9 atom stereocenters. The normalized spacial score (nSPS) is 41.2. The Hall–Kier alpha value is -0.790. The van der Waals surface area contributed by atoms with Crippen LogP contribution in [0.4, 0.5) is 0 Å². The average molecular weight is 471 g/mol. The summed E-state index contributed by atoms with van der Waals surface area (Å²) in [4.78, 5) is 11.9. The van der Waals surface area contributed by atoms with E-state index in [2.05, 4.69) is 47.6 Å². The van der Waals surface area contributed by atoms with Gasteiger partial charge in [-0.3, -0.25) is 4.79 Å². The Bertz CT molecular complexity index is 752. The lowest BCUT2D eigenvalue weighted by Crippen LogP contribution is -2.51. The maximum atomic E-state index is 11.9. The topological polar surface area (TPSA) is 26.3 Å². The Labute approximate surface area is 211 Å². The molecule has 0 N–H and O–H groups in total. The number of fused-ring (bicyclic) bond motifs is 5. The summed E-state index contributed by atoms with van der Waals surface area (Å²) >= 11 is 0. The Balaban J connectivity index is 1.44. The number of ether oxygens (including phenoxy) is 1. The molecule has 2 nitrogen and oxygen atoms in total. The Morgan fingerprint density at radius 3 is 2.47 bits per heavy atom. The lowest BCUT2D eigenvalue weighted by molar-refractivity contribution is -0.151. The van der Waals surface area contributed by atoms with Crippen LogP contribution in [0, 0.1) is 52.3 Å². The largest absolute Gasteiger partial charge is 0.462 e. The van der Waals surface area contributed by atoms with Crippen LogP contribution in [0.25, 0.3) is 0 Å². The first-order valence-electron chi connectivity index (χ1n) is 15.0. The number of rotatable bonds is 8. The van der Waals surface area contributed by atoms with Gasteiger partial charge in [-0.2, -0.15) is 0 Å². The van der Waals surface area contributed by atoms with E-state index in [1.165, 1.54) is 57.8 Å². The van der Waals surface area contributed by atoms with Gasteiger partial charge in [-0.25, -0.2) is 0 Å². The van der Waals surface area contributed by atoms with Crippen LogP contribution in [0.15, 0.2) is 11.6 Å². The van der Waals surface area contributed by atoms with E-state index in [4.69, 9.17) is 4.74 Å². The Kier molecular flexibility index (Phi) is 7.96. The number of carbonyl (C=O) groups excluding carboxylic acids is 1. The molecule has 2 heteroatoms. The zero-order valence-electron chi connectivity index (χ0n) is 23.5. The summed E-state index contributed by atoms with van der Waals surface area (Å²) in [5.41, 5.74) is 2.52. The predicted molar refractivity (Wildman–Crippen MR) is 142 cm³/mol. The van der Waals surface area contributed by atoms with E-state index in [0.717, 1.165) is 54.3 Å². The van der Waals surface area contributed by atoms with E-state index in [0.29, 0.717) is 17.3 Å². The summed E-state index contributed by atoms with van der Waals surface area (Å²) in [5, 5.41) is 0. The van der Waals surface area contributed by atoms with E-state index in [1.54, 1.807) is 5.57 Å². The third-order valence-corrected chi connectivity index (χ3v) is 11.9. The summed E-state index contributed by atoms with van der Waals surface area (Å²) in [7, 11) is 0. The fourth-order valence-electron chi connectivity index (χ4n) is 9.66. The van der Waals surface area contributed by atoms with Gasteiger partial charge in [-0.15, -0.1) is 0 Å². The highest BCUT2D eigenvalue weighted by atomic mass is 16.5. The summed E-state index contributed by atoms with van der Waals surface area (Å²) in [5.74, 6) is 6.11. The molecule has 0 saturated heterocycles. The molecule has 0 heterocycles. The van der Waals surface area contributed by atoms with Crippen molar-refractivity contribution in [2.24, 2.45) is 52.3 Å². The second kappa shape index (κ2) is 10.3. The lowest BCUT2D eigenvalue weighted by Gasteiger charge is -2.58. The van der Waals surface area contributed by atoms with Crippen molar-refractivity contribution in [3.63, 3.8) is 0 Å². The zero-order chi connectivity index (χ0) is 24.7. The fraction of sp³-hybridized carbons (Fsp3) is 0.906. The molecule has 3 saturated carbocycles. The lowest BCUT2D eigenvalue weighted by atomic mass is 9.47. The van der Waals surface area contributed by atoms with Gasteiger partial charge in [0.15, 0.2) is 0 Å². The fourth-order valence-corrected chi connectivity index (χ4v) is 9.66. The molecule has 34 heavy (non-hydrogen) atoms. The van der Waals surface area contributed by atoms with Crippen molar-refractivity contribution < 1.29 is 9.53 Å². The second-order valence-corrected chi connectivity index (χ2v) is 13.7. The van der Waals surface area contributed by atoms with Crippen molar-refractivity contribution in [1.82, 2.24) is 0 Å². The Morgan fingerprint density at radius 1 is 1.03 bits per heavy atom. The molecule has 0 aromatic heterocycles. The van der Waals surface area contributed by atoms with E-state index in [9.17, 15) is 4.79 Å². The van der Waals surface area contributed by atoms with Crippen LogP contribution in [0.1, 0.15) is 126 Å². The van der Waals surface area contributed by atoms with Gasteiger partial charge in [0.1, 0.15) is 6.10 Å². The molecule has 3 fully saturated rings. The standard InChI is InChI=1S/C32H54O2/c1-8-23(21(3)4)11-10-22(5)27-14-15-28-26-13-12-24-20-25(34-30(33)9-2)16-18-31(24,6)29(26)17-19-32(27,28)7/h12,21-23,25-29H,8-11,13-20H2,1-7H3/t22-,23-,25?,26+,27-,28+,29+,31+,32-/m1/s1. The molecule has 4 aliphatic rings. The van der Waals surface area contributed by atoms with Crippen molar-refractivity contribution in [3.05, 3.63) is 11.6 Å². The predicted octanol–water partition coefficient (Wildman–Crippen LogP) is 8.99. The first-order chi connectivity index (χ1) is 16.1. The highest BCUT2D eigenvalue weighted by molar-refractivity contribution is 5.69. The number of esters is 1. The maximum absolute atomic E-state index is 11.9. The zero-order valence-corrected chi connectivity index (χ0v) is 23.5. The van der Waals surface area contributed by atoms with Gasteiger partial charge >= 0.3 is 5.97 Å². The van der Waals surface area contributed by atoms with Gasteiger partial charge in [-0.05, 0) is 104 Å². The van der Waals surface area contributed by atoms with Crippen molar-refractivity contribution >= 4 is 5.97 Å². The molecule has 0 aromatic carbocycles. The van der Waals surface area contributed by atoms with Crippen LogP contribution < -0.4 is 0 Å². The number of carbonyl (C=O) groups is 1. The maximum Gasteiger partial charge on any atom is 0.305 e. The van der Waals surface area contributed by atoms with Crippen LogP contribution in [-0.2, 0) is 9.53 Å². The minimum absolute atomic E-state index is 0.0268. The first-order valence-corrected chi connectivity index (χ1v) is 15.0. The van der Waals surface area contributed by atoms with Crippen LogP contribution in [-0.4, -0.2) is 12.1 Å². The van der Waals surface area contributed by atoms with Gasteiger partial charge in [0.25, 0.3) is 0 Å². The van der Waals surface area contributed by atoms with Crippen molar-refractivity contribution in [2.45, 2.75) is 132 Å². The van der Waals surface area contributed by atoms with E-state index in [1.807, 2.05) is 6.92 Å². The third kappa shape index (κ3) is 4.66. The van der Waals surface area contributed by atoms with E-state index < -0.39 is 0 Å². The van der Waals surface area contributed by atoms with Crippen molar-refractivity contribution in [3.8, 4) is 0 Å². The van der Waals surface area contributed by atoms with E-state index in [-0.39, 0.29) is 12.1 Å². The van der Waals surface area contributed by atoms with Gasteiger partial charge in [0.2, 0.25) is 0 Å². The second-order valence-electron chi connectivity index (χ2n) is 13.7. The molecule has 194 valence electrons. The number of hydrogen-bond acceptors (Lipinski definition) is 2. The molecule has 0 aromatic rings. The SMILES string of the molecule is CCC(=O)OC1CC[C@@]2(C)C(=CC[C@H]3[C@@H]4CC[C@H]([C@H](C)CC[C@@H](CC)C(C)C)[C@@]4(C)CC[C@@H]32)C1. The smallest absolute Gasteiger partial charge is 0.305 e. The number of hydrogen-bond donors (Lipinski definition) is 0. The molecule has 0 aliphatic heterocycles. The molecule has 1 unspecified atom stereocenters. The summed E-state index contributed by atoms with van der Waals surface area (Å²) in [6.07, 6.45) is 17.7. The average Bonchev–Trinajstić information content (AvgIpc) is 3.16. The quantitative estimate of drug-likeness (QED) is 0.261. The highest BCUT2D eigenvalue weighted by Crippen LogP contribution is 2.67. The molecular formula is C32H54O2. The highest BCUT2D eigenvalue weighted by Gasteiger charge is 2.59. The monoisotopic (exact) mass is 470 g/mol. The summed E-state index contributed by atoms with van der Waals surface area (Å²) in [6, 6.07) is 0. The van der Waals surface area contributed by atoms with Crippen molar-refractivity contribution in [1.29, 1.82) is 0 Å². The van der Waals surface area contributed by atoms with Crippen LogP contribution in [0.3, 0.4) is 0 Å². The van der Waals surface area contributed by atoms with Gasteiger partial charge in [0, 0.05) is 12.8 Å². The van der Waals surface area contributed by atoms with E-state index >= 15 is 0 Å². The van der Waals surface area contributed by atoms with Gasteiger partial charge in [0.05, 0.1) is 0 Å². The van der Waals surface area contributed by atoms with Crippen LogP contribution in [0.2, 0.25) is 0 Å². The molecule has 0 bridgehead atoms. The molecule has 0 radical (unpaired) electrons. The van der Waals surface area contributed by atoms with Crippen LogP contribution in [0.5, 0.6) is 0 Å². The molecule has 0 amide bonds. The first kappa shape index (κ1) is 26.3. The summed E-state index contributed by atoms with van der Waals surface area (Å²) in [6.45, 7) is 17.0. The molecule has 0 spiro atoms.